The molecule has 1 aromatic heterocycles. The van der Waals surface area contributed by atoms with E-state index in [2.05, 4.69) is 16.1 Å². The molecule has 1 rings (SSSR count). The molecule has 0 radical (unpaired) electrons. The van der Waals surface area contributed by atoms with E-state index in [1.807, 2.05) is 6.07 Å². The zero-order valence-corrected chi connectivity index (χ0v) is 6.22. The van der Waals surface area contributed by atoms with Crippen LogP contribution >= 0.6 is 11.5 Å². The van der Waals surface area contributed by atoms with Crippen molar-refractivity contribution in [3.63, 3.8) is 0 Å². The molecular weight excluding hydrogens is 160 g/mol. The van der Waals surface area contributed by atoms with E-state index in [9.17, 15) is 0 Å². The topological polar surface area (TPSA) is 72.8 Å². The lowest BCUT2D eigenvalue weighted by Crippen LogP contribution is -1.76. The molecule has 0 atom stereocenters. The van der Waals surface area contributed by atoms with Crippen molar-refractivity contribution >= 4 is 23.3 Å². The van der Waals surface area contributed by atoms with Gasteiger partial charge in [-0.25, -0.2) is 0 Å². The maximum Gasteiger partial charge on any atom is 0.174 e. The first-order valence-electron chi connectivity index (χ1n) is 2.60. The molecule has 0 aliphatic rings. The van der Waals surface area contributed by atoms with Crippen LogP contribution in [0, 0.1) is 22.7 Å². The van der Waals surface area contributed by atoms with Gasteiger partial charge in [-0.05, 0) is 18.3 Å². The molecule has 0 N–H and O–H groups in total. The van der Waals surface area contributed by atoms with E-state index in [1.165, 1.54) is 0 Å². The molecule has 11 heavy (non-hydrogen) atoms. The molecule has 52 valence electrons. The molecule has 0 amide bonds. The van der Waals surface area contributed by atoms with Crippen molar-refractivity contribution in [2.75, 3.05) is 0 Å². The number of aliphatic imine (C=N–C) groups is 1. The molecule has 0 aliphatic carbocycles. The first kappa shape index (κ1) is 7.39. The van der Waals surface area contributed by atoms with E-state index in [1.54, 1.807) is 6.07 Å². The molecule has 0 aromatic carbocycles. The Morgan fingerprint density at radius 1 is 1.45 bits per heavy atom. The summed E-state index contributed by atoms with van der Waals surface area (Å²) in [6, 6.07) is 3.63. The third kappa shape index (κ3) is 1.09. The number of nitriles is 2. The van der Waals surface area contributed by atoms with Crippen molar-refractivity contribution in [3.05, 3.63) is 11.3 Å². The second kappa shape index (κ2) is 2.91. The second-order valence-electron chi connectivity index (χ2n) is 1.59. The third-order valence-corrected chi connectivity index (χ3v) is 1.82. The van der Waals surface area contributed by atoms with Crippen molar-refractivity contribution in [3.8, 4) is 12.1 Å². The Labute approximate surface area is 67.2 Å². The molecule has 1 aromatic rings. The number of rotatable bonds is 1. The van der Waals surface area contributed by atoms with Crippen molar-refractivity contribution < 1.29 is 0 Å². The van der Waals surface area contributed by atoms with E-state index >= 15 is 0 Å². The minimum atomic E-state index is 0.125. The second-order valence-corrected chi connectivity index (χ2v) is 2.34. The molecule has 0 aliphatic heterocycles. The molecule has 4 nitrogen and oxygen atoms in total. The fourth-order valence-electron chi connectivity index (χ4n) is 0.566. The van der Waals surface area contributed by atoms with Gasteiger partial charge in [0.15, 0.2) is 10.7 Å². The normalized spacial score (nSPS) is 8.18. The van der Waals surface area contributed by atoms with Gasteiger partial charge in [0.2, 0.25) is 0 Å². The van der Waals surface area contributed by atoms with Gasteiger partial charge in [0.25, 0.3) is 0 Å². The average Bonchev–Trinajstić information content (AvgIpc) is 2.45. The number of nitrogens with zero attached hydrogens (tertiary/aromatic N) is 4. The standard InChI is InChI=1S/C6H2N4S/c1-9-6-4(2-7)5(3-8)10-11-6/h1H2. The highest BCUT2D eigenvalue weighted by Gasteiger charge is 2.10. The Morgan fingerprint density at radius 2 is 2.18 bits per heavy atom. The Morgan fingerprint density at radius 3 is 2.64 bits per heavy atom. The first-order chi connectivity index (χ1) is 5.33. The van der Waals surface area contributed by atoms with Crippen LogP contribution in [-0.4, -0.2) is 11.1 Å². The van der Waals surface area contributed by atoms with Gasteiger partial charge in [0.1, 0.15) is 17.7 Å². The summed E-state index contributed by atoms with van der Waals surface area (Å²) in [5.74, 6) is 0. The van der Waals surface area contributed by atoms with Gasteiger partial charge in [-0.15, -0.1) is 0 Å². The lowest BCUT2D eigenvalue weighted by atomic mass is 10.3. The fourth-order valence-corrected chi connectivity index (χ4v) is 1.17. The number of aromatic nitrogens is 1. The third-order valence-electron chi connectivity index (χ3n) is 1.04. The van der Waals surface area contributed by atoms with Gasteiger partial charge < -0.3 is 0 Å². The quantitative estimate of drug-likeness (QED) is 0.582. The van der Waals surface area contributed by atoms with Crippen molar-refractivity contribution in [1.29, 1.82) is 10.5 Å². The Hall–Kier alpha value is -1.72. The minimum absolute atomic E-state index is 0.125. The summed E-state index contributed by atoms with van der Waals surface area (Å²) in [4.78, 5) is 3.54. The van der Waals surface area contributed by atoms with Crippen molar-refractivity contribution in [2.24, 2.45) is 4.99 Å². The van der Waals surface area contributed by atoms with Crippen LogP contribution in [0.15, 0.2) is 4.99 Å². The molecule has 0 saturated heterocycles. The summed E-state index contributed by atoms with van der Waals surface area (Å²) >= 11 is 1.00. The largest absolute Gasteiger partial charge is 0.251 e. The van der Waals surface area contributed by atoms with Crippen LogP contribution in [0.5, 0.6) is 0 Å². The van der Waals surface area contributed by atoms with Crippen LogP contribution in [0.2, 0.25) is 0 Å². The van der Waals surface area contributed by atoms with Gasteiger partial charge in [0, 0.05) is 0 Å². The molecule has 0 unspecified atom stereocenters. The number of hydrogen-bond acceptors (Lipinski definition) is 5. The summed E-state index contributed by atoms with van der Waals surface area (Å²) in [5.41, 5.74) is 0.340. The van der Waals surface area contributed by atoms with Gasteiger partial charge in [-0.1, -0.05) is 0 Å². The van der Waals surface area contributed by atoms with Crippen LogP contribution in [0.25, 0.3) is 0 Å². The molecule has 1 heterocycles. The Balaban J connectivity index is 3.37. The Kier molecular flexibility index (Phi) is 1.95. The predicted molar refractivity (Wildman–Crippen MR) is 40.8 cm³/mol. The van der Waals surface area contributed by atoms with Gasteiger partial charge in [-0.2, -0.15) is 14.9 Å². The summed E-state index contributed by atoms with van der Waals surface area (Å²) < 4.78 is 3.70. The zero-order valence-electron chi connectivity index (χ0n) is 5.40. The van der Waals surface area contributed by atoms with Crippen LogP contribution < -0.4 is 0 Å². The fraction of sp³-hybridized carbons (Fsp3) is 0. The molecule has 0 spiro atoms. The van der Waals surface area contributed by atoms with Crippen LogP contribution in [0.1, 0.15) is 11.3 Å². The highest BCUT2D eigenvalue weighted by atomic mass is 32.1. The smallest absolute Gasteiger partial charge is 0.174 e. The highest BCUT2D eigenvalue weighted by molar-refractivity contribution is 7.10. The van der Waals surface area contributed by atoms with Gasteiger partial charge >= 0.3 is 0 Å². The molecule has 0 bridgehead atoms. The zero-order chi connectivity index (χ0) is 8.27. The molecule has 5 heteroatoms. The lowest BCUT2D eigenvalue weighted by Gasteiger charge is -1.80. The van der Waals surface area contributed by atoms with Crippen LogP contribution in [-0.2, 0) is 0 Å². The monoisotopic (exact) mass is 162 g/mol. The number of hydrogen-bond donors (Lipinski definition) is 0. The maximum atomic E-state index is 8.53. The summed E-state index contributed by atoms with van der Waals surface area (Å²) in [6.45, 7) is 3.25. The first-order valence-corrected chi connectivity index (χ1v) is 3.37. The minimum Gasteiger partial charge on any atom is -0.251 e. The summed E-state index contributed by atoms with van der Waals surface area (Å²) in [5, 5.41) is 17.4. The molecule has 0 fully saturated rings. The van der Waals surface area contributed by atoms with E-state index in [4.69, 9.17) is 10.5 Å². The molecule has 0 saturated carbocycles. The Bertz CT molecular complexity index is 365. The SMILES string of the molecule is C=Nc1snc(C#N)c1C#N. The highest BCUT2D eigenvalue weighted by Crippen LogP contribution is 2.25. The predicted octanol–water partition coefficient (Wildman–Crippen LogP) is 1.22. The van der Waals surface area contributed by atoms with E-state index in [0.717, 1.165) is 11.5 Å². The summed E-state index contributed by atoms with van der Waals surface area (Å²) in [6.07, 6.45) is 0. The lowest BCUT2D eigenvalue weighted by molar-refractivity contribution is 1.38. The van der Waals surface area contributed by atoms with Crippen LogP contribution in [0.4, 0.5) is 5.00 Å². The van der Waals surface area contributed by atoms with Crippen LogP contribution in [0.3, 0.4) is 0 Å². The van der Waals surface area contributed by atoms with E-state index < -0.39 is 0 Å². The van der Waals surface area contributed by atoms with E-state index in [0.29, 0.717) is 5.00 Å². The van der Waals surface area contributed by atoms with Gasteiger partial charge in [-0.3, -0.25) is 4.99 Å². The summed E-state index contributed by atoms with van der Waals surface area (Å²) in [7, 11) is 0. The van der Waals surface area contributed by atoms with Gasteiger partial charge in [0.05, 0.1) is 0 Å². The van der Waals surface area contributed by atoms with E-state index in [-0.39, 0.29) is 11.3 Å². The average molecular weight is 162 g/mol. The van der Waals surface area contributed by atoms with Crippen molar-refractivity contribution in [2.45, 2.75) is 0 Å². The maximum absolute atomic E-state index is 8.53. The van der Waals surface area contributed by atoms with Crippen molar-refractivity contribution in [1.82, 2.24) is 4.37 Å². The molecular formula is C6H2N4S.